The van der Waals surface area contributed by atoms with Crippen LogP contribution in [0.25, 0.3) is 22.6 Å². The first-order valence-electron chi connectivity index (χ1n) is 6.08. The van der Waals surface area contributed by atoms with Crippen LogP contribution < -0.4 is 5.32 Å². The zero-order valence-corrected chi connectivity index (χ0v) is 12.6. The van der Waals surface area contributed by atoms with Gasteiger partial charge >= 0.3 is 0 Å². The molecule has 0 bridgehead atoms. The van der Waals surface area contributed by atoms with Crippen molar-refractivity contribution in [3.05, 3.63) is 48.5 Å². The van der Waals surface area contributed by atoms with Crippen LogP contribution in [0.2, 0.25) is 0 Å². The lowest BCUT2D eigenvalue weighted by Crippen LogP contribution is -2.11. The van der Waals surface area contributed by atoms with Crippen molar-refractivity contribution in [1.29, 1.82) is 0 Å². The van der Waals surface area contributed by atoms with Gasteiger partial charge in [-0.15, -0.1) is 0 Å². The third kappa shape index (κ3) is 2.67. The van der Waals surface area contributed by atoms with Crippen LogP contribution in [0.1, 0.15) is 0 Å². The maximum atomic E-state index is 11.4. The molecule has 1 N–H and O–H groups in total. The number of carbonyl (C=O) groups is 1. The normalized spacial score (nSPS) is 10.7. The monoisotopic (exact) mass is 378 g/mol. The molecule has 1 heterocycles. The Bertz CT molecular complexity index is 734. The van der Waals surface area contributed by atoms with Crippen LogP contribution in [0, 0.1) is 0 Å². The number of nitrogens with one attached hydrogen (secondary N) is 1. The average Bonchev–Trinajstić information content (AvgIpc) is 2.91. The molecular weight excluding hydrogens is 367 g/mol. The van der Waals surface area contributed by atoms with Gasteiger partial charge in [-0.2, -0.15) is 0 Å². The predicted molar refractivity (Wildman–Crippen MR) is 87.0 cm³/mol. The van der Waals surface area contributed by atoms with Crippen LogP contribution in [-0.2, 0) is 4.79 Å². The first-order chi connectivity index (χ1) is 9.76. The zero-order chi connectivity index (χ0) is 13.9. The molecule has 100 valence electrons. The number of hydrogen-bond donors (Lipinski definition) is 1. The molecular formula is C15H11IN2O2. The largest absolute Gasteiger partial charge is 0.436 e. The summed E-state index contributed by atoms with van der Waals surface area (Å²) in [6, 6.07) is 15.1. The summed E-state index contributed by atoms with van der Waals surface area (Å²) < 4.78 is 6.14. The summed E-state index contributed by atoms with van der Waals surface area (Å²) >= 11 is 2.03. The number of para-hydroxylation sites is 2. The van der Waals surface area contributed by atoms with E-state index in [-0.39, 0.29) is 5.91 Å². The fraction of sp³-hybridized carbons (Fsp3) is 0.0667. The summed E-state index contributed by atoms with van der Waals surface area (Å²) in [5, 5.41) is 2.82. The standard InChI is InChI=1S/C15H11IN2O2/c16-9-14(19)17-11-5-3-4-10(8-11)15-18-12-6-1-2-7-13(12)20-15/h1-8H,9H2,(H,17,19). The van der Waals surface area contributed by atoms with E-state index in [0.717, 1.165) is 22.4 Å². The lowest BCUT2D eigenvalue weighted by molar-refractivity contribution is -0.113. The summed E-state index contributed by atoms with van der Waals surface area (Å²) in [5.41, 5.74) is 3.16. The Balaban J connectivity index is 1.97. The van der Waals surface area contributed by atoms with E-state index in [4.69, 9.17) is 4.42 Å². The number of nitrogens with zero attached hydrogens (tertiary/aromatic N) is 1. The number of anilines is 1. The molecule has 0 aliphatic heterocycles. The molecule has 0 aliphatic carbocycles. The van der Waals surface area contributed by atoms with Gasteiger partial charge in [-0.3, -0.25) is 4.79 Å². The van der Waals surface area contributed by atoms with Crippen molar-refractivity contribution in [2.24, 2.45) is 0 Å². The molecule has 1 amide bonds. The van der Waals surface area contributed by atoms with Crippen molar-refractivity contribution in [2.75, 3.05) is 9.74 Å². The Hall–Kier alpha value is -1.89. The highest BCUT2D eigenvalue weighted by Gasteiger charge is 2.08. The van der Waals surface area contributed by atoms with Crippen molar-refractivity contribution >= 4 is 45.3 Å². The number of alkyl halides is 1. The van der Waals surface area contributed by atoms with Gasteiger partial charge < -0.3 is 9.73 Å². The molecule has 3 aromatic rings. The lowest BCUT2D eigenvalue weighted by Gasteiger charge is -2.03. The van der Waals surface area contributed by atoms with E-state index in [9.17, 15) is 4.79 Å². The third-order valence-corrected chi connectivity index (χ3v) is 3.50. The Morgan fingerprint density at radius 1 is 1.20 bits per heavy atom. The minimum Gasteiger partial charge on any atom is -0.436 e. The molecule has 0 saturated carbocycles. The van der Waals surface area contributed by atoms with Crippen LogP contribution in [0.3, 0.4) is 0 Å². The maximum absolute atomic E-state index is 11.4. The fourth-order valence-corrected chi connectivity index (χ4v) is 2.11. The second kappa shape index (κ2) is 5.62. The van der Waals surface area contributed by atoms with Crippen molar-refractivity contribution in [3.8, 4) is 11.5 Å². The number of benzene rings is 2. The number of fused-ring (bicyclic) bond motifs is 1. The highest BCUT2D eigenvalue weighted by Crippen LogP contribution is 2.25. The molecule has 0 atom stereocenters. The Morgan fingerprint density at radius 2 is 2.05 bits per heavy atom. The topological polar surface area (TPSA) is 55.1 Å². The number of halogens is 1. The Morgan fingerprint density at radius 3 is 2.85 bits per heavy atom. The molecule has 3 rings (SSSR count). The van der Waals surface area contributed by atoms with Gasteiger partial charge in [0, 0.05) is 11.3 Å². The van der Waals surface area contributed by atoms with E-state index in [2.05, 4.69) is 10.3 Å². The summed E-state index contributed by atoms with van der Waals surface area (Å²) in [4.78, 5) is 15.9. The maximum Gasteiger partial charge on any atom is 0.234 e. The van der Waals surface area contributed by atoms with Crippen LogP contribution in [0.15, 0.2) is 52.9 Å². The summed E-state index contributed by atoms with van der Waals surface area (Å²) in [7, 11) is 0. The van der Waals surface area contributed by atoms with Crippen molar-refractivity contribution in [3.63, 3.8) is 0 Å². The number of aromatic nitrogens is 1. The van der Waals surface area contributed by atoms with E-state index in [1.165, 1.54) is 0 Å². The first kappa shape index (κ1) is 13.1. The SMILES string of the molecule is O=C(CI)Nc1cccc(-c2nc3ccccc3o2)c1. The smallest absolute Gasteiger partial charge is 0.234 e. The summed E-state index contributed by atoms with van der Waals surface area (Å²) in [6.07, 6.45) is 0. The molecule has 0 aliphatic rings. The molecule has 0 unspecified atom stereocenters. The molecule has 20 heavy (non-hydrogen) atoms. The average molecular weight is 378 g/mol. The van der Waals surface area contributed by atoms with E-state index in [0.29, 0.717) is 10.3 Å². The summed E-state index contributed by atoms with van der Waals surface area (Å²) in [5.74, 6) is 0.525. The van der Waals surface area contributed by atoms with E-state index in [1.807, 2.05) is 71.1 Å². The van der Waals surface area contributed by atoms with Crippen molar-refractivity contribution in [2.45, 2.75) is 0 Å². The Kier molecular flexibility index (Phi) is 3.68. The molecule has 0 radical (unpaired) electrons. The number of carbonyl (C=O) groups excluding carboxylic acids is 1. The van der Waals surface area contributed by atoms with E-state index in [1.54, 1.807) is 0 Å². The first-order valence-corrected chi connectivity index (χ1v) is 7.60. The Labute approximate surface area is 129 Å². The van der Waals surface area contributed by atoms with Gasteiger partial charge in [-0.25, -0.2) is 4.98 Å². The molecule has 1 aromatic heterocycles. The number of rotatable bonds is 3. The van der Waals surface area contributed by atoms with Gasteiger partial charge in [0.05, 0.1) is 4.43 Å². The van der Waals surface area contributed by atoms with Crippen LogP contribution in [0.4, 0.5) is 5.69 Å². The quantitative estimate of drug-likeness (QED) is 0.556. The lowest BCUT2D eigenvalue weighted by atomic mass is 10.2. The second-order valence-electron chi connectivity index (χ2n) is 4.25. The van der Waals surface area contributed by atoms with Crippen molar-refractivity contribution < 1.29 is 9.21 Å². The number of hydrogen-bond acceptors (Lipinski definition) is 3. The van der Waals surface area contributed by atoms with Gasteiger partial charge in [-0.1, -0.05) is 40.8 Å². The molecule has 2 aromatic carbocycles. The van der Waals surface area contributed by atoms with E-state index >= 15 is 0 Å². The molecule has 5 heteroatoms. The van der Waals surface area contributed by atoms with E-state index < -0.39 is 0 Å². The number of oxazole rings is 1. The molecule has 0 spiro atoms. The highest BCUT2D eigenvalue weighted by molar-refractivity contribution is 14.1. The fourth-order valence-electron chi connectivity index (χ4n) is 1.92. The van der Waals surface area contributed by atoms with Gasteiger partial charge in [-0.05, 0) is 30.3 Å². The zero-order valence-electron chi connectivity index (χ0n) is 10.5. The summed E-state index contributed by atoms with van der Waals surface area (Å²) in [6.45, 7) is 0. The minimum atomic E-state index is -0.0275. The third-order valence-electron chi connectivity index (χ3n) is 2.81. The van der Waals surface area contributed by atoms with Crippen LogP contribution in [0.5, 0.6) is 0 Å². The molecule has 0 fully saturated rings. The number of amides is 1. The predicted octanol–water partition coefficient (Wildman–Crippen LogP) is 3.87. The van der Waals surface area contributed by atoms with Gasteiger partial charge in [0.2, 0.25) is 11.8 Å². The van der Waals surface area contributed by atoms with Gasteiger partial charge in [0.1, 0.15) is 5.52 Å². The highest BCUT2D eigenvalue weighted by atomic mass is 127. The van der Waals surface area contributed by atoms with Gasteiger partial charge in [0.25, 0.3) is 0 Å². The molecule has 0 saturated heterocycles. The van der Waals surface area contributed by atoms with Gasteiger partial charge in [0.15, 0.2) is 5.58 Å². The van der Waals surface area contributed by atoms with Crippen LogP contribution in [-0.4, -0.2) is 15.3 Å². The van der Waals surface area contributed by atoms with Crippen LogP contribution >= 0.6 is 22.6 Å². The van der Waals surface area contributed by atoms with Crippen molar-refractivity contribution in [1.82, 2.24) is 4.98 Å². The molecule has 4 nitrogen and oxygen atoms in total. The second-order valence-corrected chi connectivity index (χ2v) is 5.01. The minimum absolute atomic E-state index is 0.0275.